The van der Waals surface area contributed by atoms with Crippen LogP contribution < -0.4 is 10.1 Å². The number of amides is 1. The van der Waals surface area contributed by atoms with Crippen LogP contribution in [-0.4, -0.2) is 23.1 Å². The van der Waals surface area contributed by atoms with Gasteiger partial charge in [0.2, 0.25) is 0 Å². The first-order valence-corrected chi connectivity index (χ1v) is 11.1. The summed E-state index contributed by atoms with van der Waals surface area (Å²) in [7, 11) is 0. The van der Waals surface area contributed by atoms with Gasteiger partial charge in [-0.05, 0) is 75.9 Å². The number of ether oxygens (including phenoxy) is 1. The number of nitrogens with one attached hydrogen (secondary N) is 1. The van der Waals surface area contributed by atoms with E-state index >= 15 is 0 Å². The topological polar surface area (TPSA) is 85.6 Å². The second-order valence-corrected chi connectivity index (χ2v) is 8.90. The molecule has 0 radical (unpaired) electrons. The largest absolute Gasteiger partial charge is 0.486 e. The van der Waals surface area contributed by atoms with Crippen molar-refractivity contribution in [1.82, 2.24) is 0 Å². The molecule has 5 rings (SSSR count). The van der Waals surface area contributed by atoms with E-state index in [-0.39, 0.29) is 22.9 Å². The van der Waals surface area contributed by atoms with Gasteiger partial charge in [-0.1, -0.05) is 6.42 Å². The highest BCUT2D eigenvalue weighted by Crippen LogP contribution is 2.45. The van der Waals surface area contributed by atoms with E-state index in [4.69, 9.17) is 9.15 Å². The minimum Gasteiger partial charge on any atom is -0.486 e. The normalized spacial score (nSPS) is 17.1. The SMILES string of the molecule is CC(=O)c1ccc(NC(=O)c2oc3ccc4c(c3c2C)C(=O)CC2(CCCCC2)O4)cc1. The van der Waals surface area contributed by atoms with Crippen LogP contribution in [0, 0.1) is 6.92 Å². The number of benzene rings is 2. The van der Waals surface area contributed by atoms with E-state index in [1.165, 1.54) is 13.3 Å². The molecule has 1 aliphatic heterocycles. The smallest absolute Gasteiger partial charge is 0.291 e. The highest BCUT2D eigenvalue weighted by molar-refractivity contribution is 6.15. The molecule has 32 heavy (non-hydrogen) atoms. The number of hydrogen-bond donors (Lipinski definition) is 1. The van der Waals surface area contributed by atoms with Crippen molar-refractivity contribution in [3.8, 4) is 5.75 Å². The summed E-state index contributed by atoms with van der Waals surface area (Å²) < 4.78 is 12.3. The molecule has 2 aromatic carbocycles. The molecule has 0 atom stereocenters. The molecule has 1 spiro atoms. The molecule has 1 fully saturated rings. The lowest BCUT2D eigenvalue weighted by Crippen LogP contribution is -2.43. The third-order valence-corrected chi connectivity index (χ3v) is 6.66. The molecule has 6 nitrogen and oxygen atoms in total. The predicted molar refractivity (Wildman–Crippen MR) is 121 cm³/mol. The Bertz CT molecular complexity index is 1250. The molecular formula is C26H25NO5. The van der Waals surface area contributed by atoms with Gasteiger partial charge in [-0.25, -0.2) is 0 Å². The van der Waals surface area contributed by atoms with Crippen molar-refractivity contribution in [2.24, 2.45) is 0 Å². The summed E-state index contributed by atoms with van der Waals surface area (Å²) in [5.41, 5.74) is 2.37. The van der Waals surface area contributed by atoms with Crippen LogP contribution in [0.4, 0.5) is 5.69 Å². The molecule has 1 aromatic heterocycles. The number of hydrogen-bond acceptors (Lipinski definition) is 5. The molecule has 1 saturated carbocycles. The summed E-state index contributed by atoms with van der Waals surface area (Å²) in [6.07, 6.45) is 5.50. The van der Waals surface area contributed by atoms with E-state index in [2.05, 4.69) is 5.32 Å². The second kappa shape index (κ2) is 7.62. The molecule has 2 heterocycles. The zero-order valence-corrected chi connectivity index (χ0v) is 18.2. The number of furan rings is 1. The Morgan fingerprint density at radius 3 is 2.41 bits per heavy atom. The molecule has 2 aliphatic rings. The quantitative estimate of drug-likeness (QED) is 0.525. The van der Waals surface area contributed by atoms with Crippen LogP contribution in [-0.2, 0) is 0 Å². The van der Waals surface area contributed by atoms with E-state index in [1.54, 1.807) is 43.3 Å². The third-order valence-electron chi connectivity index (χ3n) is 6.66. The number of aryl methyl sites for hydroxylation is 1. The van der Waals surface area contributed by atoms with E-state index in [1.807, 2.05) is 0 Å². The summed E-state index contributed by atoms with van der Waals surface area (Å²) in [4.78, 5) is 37.6. The van der Waals surface area contributed by atoms with E-state index in [9.17, 15) is 14.4 Å². The summed E-state index contributed by atoms with van der Waals surface area (Å²) in [5.74, 6) is 0.356. The minimum atomic E-state index is -0.407. The first-order chi connectivity index (χ1) is 15.4. The van der Waals surface area contributed by atoms with Gasteiger partial charge < -0.3 is 14.5 Å². The lowest BCUT2D eigenvalue weighted by molar-refractivity contribution is 0.0139. The molecule has 3 aromatic rings. The lowest BCUT2D eigenvalue weighted by atomic mass is 9.78. The monoisotopic (exact) mass is 431 g/mol. The Labute approximate surface area is 185 Å². The molecule has 1 N–H and O–H groups in total. The van der Waals surface area contributed by atoms with Gasteiger partial charge in [-0.3, -0.25) is 14.4 Å². The van der Waals surface area contributed by atoms with E-state index in [0.29, 0.717) is 45.5 Å². The Morgan fingerprint density at radius 1 is 1.00 bits per heavy atom. The first kappa shape index (κ1) is 20.5. The van der Waals surface area contributed by atoms with Crippen LogP contribution >= 0.6 is 0 Å². The Morgan fingerprint density at radius 2 is 1.72 bits per heavy atom. The summed E-state index contributed by atoms with van der Waals surface area (Å²) in [6.45, 7) is 3.28. The van der Waals surface area contributed by atoms with Crippen LogP contribution in [0.2, 0.25) is 0 Å². The van der Waals surface area contributed by atoms with E-state index in [0.717, 1.165) is 25.7 Å². The average Bonchev–Trinajstić information content (AvgIpc) is 3.11. The number of rotatable bonds is 3. The Kier molecular flexibility index (Phi) is 4.88. The Hall–Kier alpha value is -3.41. The summed E-state index contributed by atoms with van der Waals surface area (Å²) in [5, 5.41) is 3.45. The standard InChI is InChI=1S/C26H25NO5/c1-15-22-20(31-24(15)25(30)27-18-8-6-17(7-9-18)16(2)28)10-11-21-23(22)19(29)14-26(32-21)12-4-3-5-13-26/h6-11H,3-5,12-14H2,1-2H3,(H,27,30). The van der Waals surface area contributed by atoms with Crippen LogP contribution in [0.5, 0.6) is 5.75 Å². The van der Waals surface area contributed by atoms with Crippen molar-refractivity contribution >= 4 is 34.1 Å². The average molecular weight is 431 g/mol. The lowest BCUT2D eigenvalue weighted by Gasteiger charge is -2.40. The van der Waals surface area contributed by atoms with Crippen LogP contribution in [0.3, 0.4) is 0 Å². The van der Waals surface area contributed by atoms with Gasteiger partial charge in [0, 0.05) is 22.2 Å². The molecule has 0 bridgehead atoms. The summed E-state index contributed by atoms with van der Waals surface area (Å²) >= 11 is 0. The van der Waals surface area contributed by atoms with Crippen molar-refractivity contribution in [3.05, 3.63) is 58.8 Å². The van der Waals surface area contributed by atoms with Gasteiger partial charge in [0.25, 0.3) is 5.91 Å². The minimum absolute atomic E-state index is 0.0392. The first-order valence-electron chi connectivity index (χ1n) is 11.1. The van der Waals surface area contributed by atoms with Gasteiger partial charge in [0.1, 0.15) is 16.9 Å². The molecule has 0 saturated heterocycles. The van der Waals surface area contributed by atoms with E-state index < -0.39 is 5.91 Å². The zero-order chi connectivity index (χ0) is 22.5. The number of anilines is 1. The van der Waals surface area contributed by atoms with Gasteiger partial charge in [-0.15, -0.1) is 0 Å². The van der Waals surface area contributed by atoms with Crippen molar-refractivity contribution in [1.29, 1.82) is 0 Å². The second-order valence-electron chi connectivity index (χ2n) is 8.90. The molecular weight excluding hydrogens is 406 g/mol. The molecule has 1 aliphatic carbocycles. The molecule has 0 unspecified atom stereocenters. The fourth-order valence-corrected chi connectivity index (χ4v) is 5.00. The molecule has 6 heteroatoms. The number of Topliss-reactive ketones (excluding diaryl/α,β-unsaturated/α-hetero) is 2. The zero-order valence-electron chi connectivity index (χ0n) is 18.2. The number of carbonyl (C=O) groups excluding carboxylic acids is 3. The maximum atomic E-state index is 13.2. The van der Waals surface area contributed by atoms with Gasteiger partial charge in [0.15, 0.2) is 17.3 Å². The summed E-state index contributed by atoms with van der Waals surface area (Å²) in [6, 6.07) is 10.2. The third kappa shape index (κ3) is 3.40. The highest BCUT2D eigenvalue weighted by Gasteiger charge is 2.42. The van der Waals surface area contributed by atoms with Crippen molar-refractivity contribution < 1.29 is 23.5 Å². The van der Waals surface area contributed by atoms with Crippen LogP contribution in [0.25, 0.3) is 11.0 Å². The molecule has 164 valence electrons. The fourth-order valence-electron chi connectivity index (χ4n) is 5.00. The van der Waals surface area contributed by atoms with Crippen molar-refractivity contribution in [3.63, 3.8) is 0 Å². The molecule has 1 amide bonds. The predicted octanol–water partition coefficient (Wildman–Crippen LogP) is 5.86. The van der Waals surface area contributed by atoms with Crippen LogP contribution in [0.1, 0.15) is 82.3 Å². The number of carbonyl (C=O) groups is 3. The van der Waals surface area contributed by atoms with Gasteiger partial charge in [-0.2, -0.15) is 0 Å². The van der Waals surface area contributed by atoms with Crippen LogP contribution in [0.15, 0.2) is 40.8 Å². The maximum Gasteiger partial charge on any atom is 0.291 e. The van der Waals surface area contributed by atoms with Gasteiger partial charge in [0.05, 0.1) is 12.0 Å². The maximum absolute atomic E-state index is 13.2. The van der Waals surface area contributed by atoms with Crippen molar-refractivity contribution in [2.45, 2.75) is 58.0 Å². The fraction of sp³-hybridized carbons (Fsp3) is 0.346. The van der Waals surface area contributed by atoms with Gasteiger partial charge >= 0.3 is 0 Å². The number of fused-ring (bicyclic) bond motifs is 3. The Balaban J connectivity index is 1.48. The highest BCUT2D eigenvalue weighted by atomic mass is 16.5. The number of ketones is 2. The van der Waals surface area contributed by atoms with Crippen molar-refractivity contribution in [2.75, 3.05) is 5.32 Å².